The SMILES string of the molecule is CCn1[nH]c(=O)c(Br)c1C(c1ccccc1)N1CCC2(CC1)C(=O)CCN2c1ccccc1. The smallest absolute Gasteiger partial charge is 0.278 e. The number of ketones is 1. The van der Waals surface area contributed by atoms with E-state index in [0.717, 1.165) is 49.4 Å². The van der Waals surface area contributed by atoms with Crippen LogP contribution in [0.4, 0.5) is 5.69 Å². The number of hydrogen-bond donors (Lipinski definition) is 1. The lowest BCUT2D eigenvalue weighted by molar-refractivity contribution is -0.123. The highest BCUT2D eigenvalue weighted by Gasteiger charge is 2.50. The Morgan fingerprint density at radius 3 is 2.24 bits per heavy atom. The number of benzene rings is 2. The molecule has 0 radical (unpaired) electrons. The maximum Gasteiger partial charge on any atom is 0.278 e. The van der Waals surface area contributed by atoms with E-state index in [0.29, 0.717) is 23.2 Å². The molecule has 1 N–H and O–H groups in total. The number of Topliss-reactive ketones (excluding diaryl/α,β-unsaturated/α-hetero) is 1. The average Bonchev–Trinajstić information content (AvgIpc) is 3.32. The van der Waals surface area contributed by atoms with Crippen LogP contribution in [0.15, 0.2) is 69.9 Å². The fraction of sp³-hybridized carbons (Fsp3) is 0.385. The van der Waals surface area contributed by atoms with Crippen LogP contribution in [-0.4, -0.2) is 45.6 Å². The van der Waals surface area contributed by atoms with Gasteiger partial charge in [0.2, 0.25) is 0 Å². The minimum absolute atomic E-state index is 0.0708. The standard InChI is InChI=1S/C26H29BrN4O2/c1-2-31-24(22(27)25(33)28-31)23(19-9-5-3-6-10-19)29-17-14-26(15-18-29)21(32)13-16-30(26)20-11-7-4-8-12-20/h3-12,23H,2,13-18H2,1H3,(H,28,33). The Morgan fingerprint density at radius 1 is 0.970 bits per heavy atom. The molecule has 1 atom stereocenters. The van der Waals surface area contributed by atoms with Gasteiger partial charge in [-0.3, -0.25) is 24.3 Å². The number of H-pyrrole nitrogens is 1. The molecule has 0 aliphatic carbocycles. The van der Waals surface area contributed by atoms with Crippen molar-refractivity contribution >= 4 is 27.4 Å². The van der Waals surface area contributed by atoms with Gasteiger partial charge in [-0.15, -0.1) is 0 Å². The predicted molar refractivity (Wildman–Crippen MR) is 134 cm³/mol. The quantitative estimate of drug-likeness (QED) is 0.556. The second-order valence-corrected chi connectivity index (χ2v) is 9.72. The summed E-state index contributed by atoms with van der Waals surface area (Å²) < 4.78 is 2.52. The predicted octanol–water partition coefficient (Wildman–Crippen LogP) is 4.36. The van der Waals surface area contributed by atoms with E-state index < -0.39 is 5.54 Å². The zero-order valence-electron chi connectivity index (χ0n) is 18.8. The molecule has 1 spiro atoms. The van der Waals surface area contributed by atoms with Crippen LogP contribution in [0.2, 0.25) is 0 Å². The minimum Gasteiger partial charge on any atom is -0.358 e. The van der Waals surface area contributed by atoms with Crippen molar-refractivity contribution in [2.24, 2.45) is 0 Å². The fourth-order valence-corrected chi connectivity index (χ4v) is 6.18. The van der Waals surface area contributed by atoms with Crippen molar-refractivity contribution in [2.75, 3.05) is 24.5 Å². The van der Waals surface area contributed by atoms with Gasteiger partial charge in [-0.2, -0.15) is 0 Å². The molecule has 2 aromatic carbocycles. The molecule has 172 valence electrons. The maximum absolute atomic E-state index is 13.2. The van der Waals surface area contributed by atoms with Crippen LogP contribution < -0.4 is 10.5 Å². The summed E-state index contributed by atoms with van der Waals surface area (Å²) >= 11 is 3.56. The number of aryl methyl sites for hydroxylation is 1. The highest BCUT2D eigenvalue weighted by molar-refractivity contribution is 9.10. The molecule has 3 heterocycles. The third kappa shape index (κ3) is 3.77. The molecule has 0 bridgehead atoms. The molecule has 5 rings (SSSR count). The Morgan fingerprint density at radius 2 is 1.61 bits per heavy atom. The van der Waals surface area contributed by atoms with E-state index in [1.807, 2.05) is 48.0 Å². The van der Waals surface area contributed by atoms with Crippen molar-refractivity contribution in [3.05, 3.63) is 86.7 Å². The van der Waals surface area contributed by atoms with E-state index in [1.165, 1.54) is 0 Å². The highest BCUT2D eigenvalue weighted by atomic mass is 79.9. The largest absolute Gasteiger partial charge is 0.358 e. The maximum atomic E-state index is 13.2. The highest BCUT2D eigenvalue weighted by Crippen LogP contribution is 2.42. The van der Waals surface area contributed by atoms with Crippen LogP contribution in [0, 0.1) is 0 Å². The molecule has 2 aliphatic rings. The fourth-order valence-electron chi connectivity index (χ4n) is 5.66. The molecule has 0 saturated carbocycles. The third-order valence-corrected chi connectivity index (χ3v) is 8.06. The zero-order chi connectivity index (χ0) is 23.0. The number of halogens is 1. The van der Waals surface area contributed by atoms with Crippen molar-refractivity contribution < 1.29 is 4.79 Å². The molecule has 6 nitrogen and oxygen atoms in total. The normalized spacial score (nSPS) is 19.3. The molecule has 2 fully saturated rings. The van der Waals surface area contributed by atoms with Gasteiger partial charge in [0.1, 0.15) is 10.0 Å². The monoisotopic (exact) mass is 508 g/mol. The van der Waals surface area contributed by atoms with Crippen molar-refractivity contribution in [2.45, 2.75) is 44.3 Å². The topological polar surface area (TPSA) is 61.3 Å². The molecular formula is C26H29BrN4O2. The van der Waals surface area contributed by atoms with Crippen molar-refractivity contribution in [1.29, 1.82) is 0 Å². The number of para-hydroxylation sites is 1. The molecule has 3 aromatic rings. The summed E-state index contributed by atoms with van der Waals surface area (Å²) in [6.07, 6.45) is 2.17. The van der Waals surface area contributed by atoms with Gasteiger partial charge < -0.3 is 4.90 Å². The average molecular weight is 509 g/mol. The third-order valence-electron chi connectivity index (χ3n) is 7.30. The second-order valence-electron chi connectivity index (χ2n) is 8.93. The Bertz CT molecular complexity index is 1180. The lowest BCUT2D eigenvalue weighted by Gasteiger charge is -2.46. The first kappa shape index (κ1) is 22.2. The van der Waals surface area contributed by atoms with Gasteiger partial charge in [0.25, 0.3) is 5.56 Å². The molecule has 33 heavy (non-hydrogen) atoms. The number of likely N-dealkylation sites (tertiary alicyclic amines) is 1. The summed E-state index contributed by atoms with van der Waals surface area (Å²) in [5.41, 5.74) is 2.68. The molecule has 1 aromatic heterocycles. The van der Waals surface area contributed by atoms with Gasteiger partial charge in [-0.05, 0) is 53.4 Å². The Kier molecular flexibility index (Phi) is 6.01. The number of aromatic nitrogens is 2. The van der Waals surface area contributed by atoms with Gasteiger partial charge in [0.15, 0.2) is 5.78 Å². The first-order chi connectivity index (χ1) is 16.0. The molecule has 2 saturated heterocycles. The first-order valence-corrected chi connectivity index (χ1v) is 12.5. The molecule has 0 amide bonds. The van der Waals surface area contributed by atoms with E-state index in [2.05, 4.69) is 55.1 Å². The van der Waals surface area contributed by atoms with E-state index in [4.69, 9.17) is 0 Å². The second kappa shape index (κ2) is 8.95. The summed E-state index contributed by atoms with van der Waals surface area (Å²) in [5.74, 6) is 0.357. The number of piperidine rings is 1. The minimum atomic E-state index is -0.432. The Balaban J connectivity index is 1.49. The number of anilines is 1. The van der Waals surface area contributed by atoms with Gasteiger partial charge in [-0.25, -0.2) is 0 Å². The number of aromatic amines is 1. The van der Waals surface area contributed by atoms with Gasteiger partial charge in [0.05, 0.1) is 11.7 Å². The number of carbonyl (C=O) groups is 1. The van der Waals surface area contributed by atoms with Gasteiger partial charge in [0, 0.05) is 38.3 Å². The Labute approximate surface area is 202 Å². The first-order valence-electron chi connectivity index (χ1n) is 11.7. The van der Waals surface area contributed by atoms with Crippen molar-refractivity contribution in [3.8, 4) is 0 Å². The van der Waals surface area contributed by atoms with Crippen LogP contribution in [-0.2, 0) is 11.3 Å². The van der Waals surface area contributed by atoms with Gasteiger partial charge >= 0.3 is 0 Å². The number of hydrogen-bond acceptors (Lipinski definition) is 4. The van der Waals surface area contributed by atoms with Crippen LogP contribution in [0.5, 0.6) is 0 Å². The van der Waals surface area contributed by atoms with E-state index >= 15 is 0 Å². The summed E-state index contributed by atoms with van der Waals surface area (Å²) in [5, 5.41) is 2.96. The number of carbonyl (C=O) groups excluding carboxylic acids is 1. The molecule has 2 aliphatic heterocycles. The van der Waals surface area contributed by atoms with E-state index in [1.54, 1.807) is 0 Å². The van der Waals surface area contributed by atoms with Crippen LogP contribution >= 0.6 is 15.9 Å². The van der Waals surface area contributed by atoms with Crippen molar-refractivity contribution in [1.82, 2.24) is 14.7 Å². The van der Waals surface area contributed by atoms with E-state index in [-0.39, 0.29) is 11.6 Å². The summed E-state index contributed by atoms with van der Waals surface area (Å²) in [6, 6.07) is 20.6. The lowest BCUT2D eigenvalue weighted by Crippen LogP contribution is -2.56. The van der Waals surface area contributed by atoms with Crippen LogP contribution in [0.3, 0.4) is 0 Å². The van der Waals surface area contributed by atoms with Gasteiger partial charge in [-0.1, -0.05) is 48.5 Å². The lowest BCUT2D eigenvalue weighted by atomic mass is 9.82. The summed E-state index contributed by atoms with van der Waals surface area (Å²) in [4.78, 5) is 30.4. The van der Waals surface area contributed by atoms with Crippen LogP contribution in [0.25, 0.3) is 0 Å². The van der Waals surface area contributed by atoms with E-state index in [9.17, 15) is 9.59 Å². The summed E-state index contributed by atoms with van der Waals surface area (Å²) in [7, 11) is 0. The molecular weight excluding hydrogens is 480 g/mol. The van der Waals surface area contributed by atoms with Crippen molar-refractivity contribution in [3.63, 3.8) is 0 Å². The molecule has 1 unspecified atom stereocenters. The van der Waals surface area contributed by atoms with Crippen LogP contribution in [0.1, 0.15) is 43.5 Å². The Hall–Kier alpha value is -2.64. The number of rotatable bonds is 5. The summed E-state index contributed by atoms with van der Waals surface area (Å²) in [6.45, 7) is 5.06. The number of nitrogens with zero attached hydrogens (tertiary/aromatic N) is 3. The molecule has 7 heteroatoms. The number of nitrogens with one attached hydrogen (secondary N) is 1. The zero-order valence-corrected chi connectivity index (χ0v) is 20.4.